The van der Waals surface area contributed by atoms with E-state index in [1.807, 2.05) is 19.1 Å². The molecular formula is C28H40N6O2. The van der Waals surface area contributed by atoms with E-state index in [1.165, 1.54) is 42.9 Å². The maximum atomic E-state index is 13.5. The highest BCUT2D eigenvalue weighted by Gasteiger charge is 2.18. The van der Waals surface area contributed by atoms with Crippen LogP contribution in [0.2, 0.25) is 0 Å². The summed E-state index contributed by atoms with van der Waals surface area (Å²) in [5, 5.41) is 12.3. The van der Waals surface area contributed by atoms with Crippen LogP contribution in [0.3, 0.4) is 0 Å². The van der Waals surface area contributed by atoms with E-state index in [1.54, 1.807) is 16.8 Å². The van der Waals surface area contributed by atoms with Gasteiger partial charge in [0.05, 0.1) is 10.9 Å². The van der Waals surface area contributed by atoms with Crippen LogP contribution in [0.1, 0.15) is 80.6 Å². The summed E-state index contributed by atoms with van der Waals surface area (Å²) in [6.45, 7) is 8.17. The topological polar surface area (TPSA) is 95.5 Å². The molecule has 0 aliphatic carbocycles. The van der Waals surface area contributed by atoms with Gasteiger partial charge in [-0.05, 0) is 57.0 Å². The smallest absolute Gasteiger partial charge is 0.267 e. The van der Waals surface area contributed by atoms with Crippen molar-refractivity contribution in [1.82, 2.24) is 24.2 Å². The Bertz CT molecular complexity index is 1320. The molecule has 8 nitrogen and oxygen atoms in total. The molecule has 1 aliphatic heterocycles. The van der Waals surface area contributed by atoms with Crippen LogP contribution in [0.25, 0.3) is 16.7 Å². The summed E-state index contributed by atoms with van der Waals surface area (Å²) >= 11 is 0. The second-order valence-electron chi connectivity index (χ2n) is 10.0. The van der Waals surface area contributed by atoms with Gasteiger partial charge in [0.15, 0.2) is 0 Å². The van der Waals surface area contributed by atoms with Gasteiger partial charge in [0.25, 0.3) is 11.5 Å². The van der Waals surface area contributed by atoms with Gasteiger partial charge in [0, 0.05) is 25.8 Å². The van der Waals surface area contributed by atoms with E-state index in [2.05, 4.69) is 17.1 Å². The Morgan fingerprint density at radius 2 is 1.81 bits per heavy atom. The molecule has 0 radical (unpaired) electrons. The number of carbonyl (C=O) groups is 1. The highest BCUT2D eigenvalue weighted by atomic mass is 16.1. The molecule has 0 bridgehead atoms. The van der Waals surface area contributed by atoms with E-state index >= 15 is 0 Å². The van der Waals surface area contributed by atoms with Crippen LogP contribution in [0, 0.1) is 12.3 Å². The number of hydrogen-bond acceptors (Lipinski definition) is 5. The number of aromatic nitrogens is 3. The maximum absolute atomic E-state index is 13.5. The van der Waals surface area contributed by atoms with Crippen LogP contribution in [0.4, 0.5) is 0 Å². The number of pyridine rings is 2. The van der Waals surface area contributed by atoms with Crippen LogP contribution in [0.15, 0.2) is 29.2 Å². The van der Waals surface area contributed by atoms with Crippen molar-refractivity contribution in [3.63, 3.8) is 0 Å². The molecule has 0 saturated carbocycles. The van der Waals surface area contributed by atoms with E-state index in [9.17, 15) is 9.59 Å². The average molecular weight is 493 g/mol. The van der Waals surface area contributed by atoms with Gasteiger partial charge in [-0.3, -0.25) is 19.4 Å². The third-order valence-corrected chi connectivity index (χ3v) is 7.28. The molecule has 36 heavy (non-hydrogen) atoms. The molecule has 1 aliphatic rings. The monoisotopic (exact) mass is 492 g/mol. The quantitative estimate of drug-likeness (QED) is 0.312. The number of unbranched alkanes of at least 4 members (excludes halogenated alkanes) is 5. The molecule has 8 heteroatoms. The van der Waals surface area contributed by atoms with Crippen molar-refractivity contribution >= 4 is 22.6 Å². The molecule has 3 aromatic rings. The van der Waals surface area contributed by atoms with Gasteiger partial charge in [0.2, 0.25) is 0 Å². The summed E-state index contributed by atoms with van der Waals surface area (Å²) in [5.74, 6) is -0.302. The molecule has 0 aromatic carbocycles. The van der Waals surface area contributed by atoms with E-state index in [0.29, 0.717) is 29.8 Å². The Morgan fingerprint density at radius 3 is 2.58 bits per heavy atom. The summed E-state index contributed by atoms with van der Waals surface area (Å²) in [5.41, 5.74) is 2.11. The lowest BCUT2D eigenvalue weighted by Gasteiger charge is -2.26. The summed E-state index contributed by atoms with van der Waals surface area (Å²) in [6, 6.07) is 5.32. The number of nitrogens with zero attached hydrogens (tertiary/aromatic N) is 4. The molecule has 0 spiro atoms. The zero-order valence-corrected chi connectivity index (χ0v) is 21.8. The molecule has 1 amide bonds. The zero-order valence-electron chi connectivity index (χ0n) is 21.8. The Kier molecular flexibility index (Phi) is 8.91. The minimum absolute atomic E-state index is 0.122. The first kappa shape index (κ1) is 26.1. The highest BCUT2D eigenvalue weighted by Crippen LogP contribution is 2.14. The van der Waals surface area contributed by atoms with E-state index in [4.69, 9.17) is 10.4 Å². The summed E-state index contributed by atoms with van der Waals surface area (Å²) in [6.07, 6.45) is 12.1. The van der Waals surface area contributed by atoms with Crippen molar-refractivity contribution in [2.45, 2.75) is 78.2 Å². The number of amides is 1. The Balaban J connectivity index is 1.65. The predicted molar refractivity (Wildman–Crippen MR) is 144 cm³/mol. The van der Waals surface area contributed by atoms with Gasteiger partial charge in [-0.25, -0.2) is 4.98 Å². The van der Waals surface area contributed by atoms with E-state index in [-0.39, 0.29) is 22.5 Å². The van der Waals surface area contributed by atoms with E-state index < -0.39 is 0 Å². The van der Waals surface area contributed by atoms with Crippen LogP contribution >= 0.6 is 0 Å². The third kappa shape index (κ3) is 5.86. The van der Waals surface area contributed by atoms with Crippen LogP contribution in [0.5, 0.6) is 0 Å². The van der Waals surface area contributed by atoms with Gasteiger partial charge in [-0.15, -0.1) is 0 Å². The summed E-state index contributed by atoms with van der Waals surface area (Å²) in [7, 11) is 0. The fraction of sp³-hybridized carbons (Fsp3) is 0.571. The minimum Gasteiger partial charge on any atom is -0.351 e. The van der Waals surface area contributed by atoms with Gasteiger partial charge < -0.3 is 14.8 Å². The SMILES string of the molecule is CCCCCCCCn1c(=N)c(C(=O)NCCN2CCCCC2)cc2c(=O)n3cccc(C)c3nc21. The van der Waals surface area contributed by atoms with Crippen LogP contribution in [-0.4, -0.2) is 50.9 Å². The molecule has 2 N–H and O–H groups in total. The molecule has 1 fully saturated rings. The predicted octanol–water partition coefficient (Wildman–Crippen LogP) is 4.01. The molecule has 1 saturated heterocycles. The number of nitrogens with one attached hydrogen (secondary N) is 2. The zero-order chi connectivity index (χ0) is 25.5. The van der Waals surface area contributed by atoms with Gasteiger partial charge >= 0.3 is 0 Å². The second kappa shape index (κ2) is 12.3. The first-order valence-electron chi connectivity index (χ1n) is 13.6. The molecule has 3 aromatic heterocycles. The lowest BCUT2D eigenvalue weighted by Crippen LogP contribution is -2.40. The Labute approximate surface area is 212 Å². The van der Waals surface area contributed by atoms with Gasteiger partial charge in [-0.1, -0.05) is 51.5 Å². The van der Waals surface area contributed by atoms with Crippen LogP contribution < -0.4 is 16.4 Å². The van der Waals surface area contributed by atoms with Crippen molar-refractivity contribution in [3.8, 4) is 0 Å². The fourth-order valence-corrected chi connectivity index (χ4v) is 5.14. The molecule has 194 valence electrons. The van der Waals surface area contributed by atoms with Crippen molar-refractivity contribution in [2.24, 2.45) is 0 Å². The first-order valence-corrected chi connectivity index (χ1v) is 13.6. The first-order chi connectivity index (χ1) is 17.5. The Hall–Kier alpha value is -3.00. The molecular weight excluding hydrogens is 452 g/mol. The molecule has 0 atom stereocenters. The fourth-order valence-electron chi connectivity index (χ4n) is 5.14. The lowest BCUT2D eigenvalue weighted by molar-refractivity contribution is 0.0944. The molecule has 4 rings (SSSR count). The molecule has 4 heterocycles. The third-order valence-electron chi connectivity index (χ3n) is 7.28. The largest absolute Gasteiger partial charge is 0.351 e. The number of likely N-dealkylation sites (tertiary alicyclic amines) is 1. The van der Waals surface area contributed by atoms with Crippen molar-refractivity contribution < 1.29 is 4.79 Å². The van der Waals surface area contributed by atoms with Gasteiger partial charge in [-0.2, -0.15) is 0 Å². The van der Waals surface area contributed by atoms with E-state index in [0.717, 1.165) is 44.5 Å². The number of rotatable bonds is 11. The number of fused-ring (bicyclic) bond motifs is 2. The lowest BCUT2D eigenvalue weighted by atomic mass is 10.1. The minimum atomic E-state index is -0.302. The van der Waals surface area contributed by atoms with Crippen molar-refractivity contribution in [3.05, 3.63) is 51.4 Å². The molecule has 0 unspecified atom stereocenters. The Morgan fingerprint density at radius 1 is 1.06 bits per heavy atom. The number of hydrogen-bond donors (Lipinski definition) is 2. The van der Waals surface area contributed by atoms with Crippen molar-refractivity contribution in [1.29, 1.82) is 5.41 Å². The van der Waals surface area contributed by atoms with Crippen molar-refractivity contribution in [2.75, 3.05) is 26.2 Å². The summed E-state index contributed by atoms with van der Waals surface area (Å²) < 4.78 is 3.30. The average Bonchev–Trinajstić information content (AvgIpc) is 2.88. The standard InChI is InChI=1S/C28H40N6O2/c1-3-4-5-6-7-11-17-33-24(29)22(27(35)30-14-19-32-15-9-8-10-16-32)20-23-26(33)31-25-21(2)13-12-18-34(25)28(23)36/h12-13,18,20,29H,3-11,14-17,19H2,1-2H3,(H,30,35). The number of aryl methyl sites for hydroxylation is 2. The van der Waals surface area contributed by atoms with Gasteiger partial charge in [0.1, 0.15) is 16.8 Å². The van der Waals surface area contributed by atoms with Crippen LogP contribution in [-0.2, 0) is 6.54 Å². The second-order valence-corrected chi connectivity index (χ2v) is 10.0. The number of carbonyl (C=O) groups excluding carboxylic acids is 1. The highest BCUT2D eigenvalue weighted by molar-refractivity contribution is 5.96. The number of piperidine rings is 1. The maximum Gasteiger partial charge on any atom is 0.267 e. The normalized spacial score (nSPS) is 14.5. The summed E-state index contributed by atoms with van der Waals surface area (Å²) in [4.78, 5) is 33.8.